The third kappa shape index (κ3) is 5.04. The predicted octanol–water partition coefficient (Wildman–Crippen LogP) is 3.43. The molecular formula is C20H31ClN2O3. The van der Waals surface area contributed by atoms with E-state index in [1.807, 2.05) is 6.92 Å². The van der Waals surface area contributed by atoms with Crippen LogP contribution in [-0.2, 0) is 17.6 Å². The number of benzene rings is 1. The summed E-state index contributed by atoms with van der Waals surface area (Å²) >= 11 is 0. The molecule has 1 aromatic rings. The smallest absolute Gasteiger partial charge is 0.407 e. The first-order valence-electron chi connectivity index (χ1n) is 9.50. The van der Waals surface area contributed by atoms with Crippen LogP contribution in [-0.4, -0.2) is 50.4 Å². The Labute approximate surface area is 162 Å². The van der Waals surface area contributed by atoms with Crippen LogP contribution >= 0.6 is 12.4 Å². The molecule has 2 aliphatic rings. The van der Waals surface area contributed by atoms with Gasteiger partial charge in [-0.05, 0) is 75.2 Å². The summed E-state index contributed by atoms with van der Waals surface area (Å²) in [7, 11) is 1.77. The fourth-order valence-electron chi connectivity index (χ4n) is 4.17. The standard InChI is InChI=1S/C20H30N2O3.ClH/c1-3-25-20(23)21-14-15-9-11-22(12-10-15)17-8-7-16-5-4-6-19(24-2)18(16)13-17;/h4-6,15,17H,3,7-14H2,1-2H3,(H,21,23);1H. The first-order chi connectivity index (χ1) is 12.2. The highest BCUT2D eigenvalue weighted by atomic mass is 35.5. The molecule has 0 aromatic heterocycles. The van der Waals surface area contributed by atoms with Crippen LogP contribution in [0.5, 0.6) is 5.75 Å². The number of carbonyl (C=O) groups excluding carboxylic acids is 1. The molecule has 1 amide bonds. The van der Waals surface area contributed by atoms with Crippen molar-refractivity contribution in [3.63, 3.8) is 0 Å². The van der Waals surface area contributed by atoms with E-state index in [-0.39, 0.29) is 18.5 Å². The molecule has 1 saturated heterocycles. The van der Waals surface area contributed by atoms with Gasteiger partial charge >= 0.3 is 6.09 Å². The number of aryl methyl sites for hydroxylation is 1. The number of halogens is 1. The van der Waals surface area contributed by atoms with Crippen molar-refractivity contribution in [2.75, 3.05) is 33.4 Å². The molecule has 1 atom stereocenters. The number of nitrogens with one attached hydrogen (secondary N) is 1. The minimum absolute atomic E-state index is 0. The largest absolute Gasteiger partial charge is 0.496 e. The molecule has 1 heterocycles. The molecule has 1 fully saturated rings. The summed E-state index contributed by atoms with van der Waals surface area (Å²) in [5.74, 6) is 1.60. The predicted molar refractivity (Wildman–Crippen MR) is 105 cm³/mol. The summed E-state index contributed by atoms with van der Waals surface area (Å²) in [6.07, 6.45) is 5.45. The Balaban J connectivity index is 0.00000243. The van der Waals surface area contributed by atoms with Gasteiger partial charge in [0, 0.05) is 12.6 Å². The zero-order valence-corrected chi connectivity index (χ0v) is 16.6. The molecule has 0 radical (unpaired) electrons. The highest BCUT2D eigenvalue weighted by Gasteiger charge is 2.29. The molecule has 0 saturated carbocycles. The van der Waals surface area contributed by atoms with E-state index in [1.54, 1.807) is 7.11 Å². The van der Waals surface area contributed by atoms with Gasteiger partial charge in [-0.3, -0.25) is 0 Å². The van der Waals surface area contributed by atoms with Crippen molar-refractivity contribution < 1.29 is 14.3 Å². The highest BCUT2D eigenvalue weighted by Crippen LogP contribution is 2.32. The topological polar surface area (TPSA) is 50.8 Å². The minimum atomic E-state index is -0.291. The number of nitrogens with zero attached hydrogens (tertiary/aromatic N) is 1. The number of ether oxygens (including phenoxy) is 2. The summed E-state index contributed by atoms with van der Waals surface area (Å²) in [6.45, 7) is 5.22. The number of hydrogen-bond acceptors (Lipinski definition) is 4. The Morgan fingerprint density at radius 2 is 2.04 bits per heavy atom. The molecule has 1 aliphatic carbocycles. The molecule has 0 bridgehead atoms. The van der Waals surface area contributed by atoms with E-state index in [0.29, 0.717) is 18.6 Å². The minimum Gasteiger partial charge on any atom is -0.496 e. The van der Waals surface area contributed by atoms with Crippen LogP contribution in [0.2, 0.25) is 0 Å². The number of piperidine rings is 1. The van der Waals surface area contributed by atoms with Crippen molar-refractivity contribution in [3.05, 3.63) is 29.3 Å². The average Bonchev–Trinajstić information content (AvgIpc) is 2.66. The fraction of sp³-hybridized carbons (Fsp3) is 0.650. The van der Waals surface area contributed by atoms with E-state index in [1.165, 1.54) is 17.5 Å². The molecule has 146 valence electrons. The SMILES string of the molecule is CCOC(=O)NCC1CCN(C2CCc3cccc(OC)c3C2)CC1.Cl. The van der Waals surface area contributed by atoms with Gasteiger partial charge in [-0.15, -0.1) is 12.4 Å². The molecule has 1 aliphatic heterocycles. The van der Waals surface area contributed by atoms with Gasteiger partial charge in [-0.1, -0.05) is 12.1 Å². The molecule has 26 heavy (non-hydrogen) atoms. The van der Waals surface area contributed by atoms with E-state index in [0.717, 1.165) is 51.1 Å². The zero-order chi connectivity index (χ0) is 17.6. The summed E-state index contributed by atoms with van der Waals surface area (Å²) < 4.78 is 10.5. The number of carbonyl (C=O) groups is 1. The van der Waals surface area contributed by atoms with Crippen molar-refractivity contribution in [2.45, 2.75) is 45.1 Å². The van der Waals surface area contributed by atoms with E-state index < -0.39 is 0 Å². The quantitative estimate of drug-likeness (QED) is 0.847. The van der Waals surface area contributed by atoms with Crippen molar-refractivity contribution in [1.29, 1.82) is 0 Å². The summed E-state index contributed by atoms with van der Waals surface area (Å²) in [5.41, 5.74) is 2.84. The van der Waals surface area contributed by atoms with E-state index in [9.17, 15) is 4.79 Å². The second-order valence-corrected chi connectivity index (χ2v) is 7.08. The summed E-state index contributed by atoms with van der Waals surface area (Å²) in [4.78, 5) is 14.1. The Kier molecular flexibility index (Phi) is 8.04. The normalized spacial score (nSPS) is 20.6. The van der Waals surface area contributed by atoms with Gasteiger partial charge in [0.2, 0.25) is 0 Å². The van der Waals surface area contributed by atoms with Crippen LogP contribution in [0.25, 0.3) is 0 Å². The Morgan fingerprint density at radius 3 is 2.73 bits per heavy atom. The van der Waals surface area contributed by atoms with Crippen molar-refractivity contribution in [1.82, 2.24) is 10.2 Å². The van der Waals surface area contributed by atoms with Crippen LogP contribution in [0.3, 0.4) is 0 Å². The number of hydrogen-bond donors (Lipinski definition) is 1. The first-order valence-corrected chi connectivity index (χ1v) is 9.50. The van der Waals surface area contributed by atoms with Crippen LogP contribution in [0.15, 0.2) is 18.2 Å². The average molecular weight is 383 g/mol. The summed E-state index contributed by atoms with van der Waals surface area (Å²) in [5, 5.41) is 2.88. The molecule has 0 spiro atoms. The van der Waals surface area contributed by atoms with Gasteiger partial charge in [0.1, 0.15) is 5.75 Å². The van der Waals surface area contributed by atoms with Gasteiger partial charge in [0.15, 0.2) is 0 Å². The number of rotatable bonds is 5. The second-order valence-electron chi connectivity index (χ2n) is 7.08. The van der Waals surface area contributed by atoms with Gasteiger partial charge in [-0.25, -0.2) is 4.79 Å². The van der Waals surface area contributed by atoms with Crippen molar-refractivity contribution >= 4 is 18.5 Å². The number of amides is 1. The van der Waals surface area contributed by atoms with Gasteiger partial charge in [0.05, 0.1) is 13.7 Å². The highest BCUT2D eigenvalue weighted by molar-refractivity contribution is 5.85. The molecule has 5 nitrogen and oxygen atoms in total. The second kappa shape index (κ2) is 10.0. The lowest BCUT2D eigenvalue weighted by molar-refractivity contribution is 0.116. The third-order valence-corrected chi connectivity index (χ3v) is 5.61. The number of likely N-dealkylation sites (tertiary alicyclic amines) is 1. The maximum absolute atomic E-state index is 11.4. The third-order valence-electron chi connectivity index (χ3n) is 5.61. The lowest BCUT2D eigenvalue weighted by Gasteiger charge is -2.40. The van der Waals surface area contributed by atoms with Crippen LogP contribution in [0.4, 0.5) is 4.79 Å². The molecule has 1 N–H and O–H groups in total. The maximum atomic E-state index is 11.4. The van der Waals surface area contributed by atoms with Gasteiger partial charge in [0.25, 0.3) is 0 Å². The lowest BCUT2D eigenvalue weighted by atomic mass is 9.85. The van der Waals surface area contributed by atoms with Crippen LogP contribution < -0.4 is 10.1 Å². The maximum Gasteiger partial charge on any atom is 0.407 e. The Bertz CT molecular complexity index is 574. The zero-order valence-electron chi connectivity index (χ0n) is 15.8. The van der Waals surface area contributed by atoms with Gasteiger partial charge < -0.3 is 19.7 Å². The van der Waals surface area contributed by atoms with Crippen molar-refractivity contribution in [3.8, 4) is 5.75 Å². The van der Waals surface area contributed by atoms with Gasteiger partial charge in [-0.2, -0.15) is 0 Å². The van der Waals surface area contributed by atoms with Crippen LogP contribution in [0.1, 0.15) is 37.3 Å². The number of methoxy groups -OCH3 is 1. The van der Waals surface area contributed by atoms with Crippen LogP contribution in [0, 0.1) is 5.92 Å². The number of alkyl carbamates (subject to hydrolysis) is 1. The summed E-state index contributed by atoms with van der Waals surface area (Å²) in [6, 6.07) is 7.03. The molecule has 3 rings (SSSR count). The van der Waals surface area contributed by atoms with E-state index >= 15 is 0 Å². The monoisotopic (exact) mass is 382 g/mol. The van der Waals surface area contributed by atoms with E-state index in [4.69, 9.17) is 9.47 Å². The first kappa shape index (κ1) is 20.8. The molecular weight excluding hydrogens is 352 g/mol. The van der Waals surface area contributed by atoms with Crippen molar-refractivity contribution in [2.24, 2.45) is 5.92 Å². The number of fused-ring (bicyclic) bond motifs is 1. The Hall–Kier alpha value is -1.46. The molecule has 1 aromatic carbocycles. The fourth-order valence-corrected chi connectivity index (χ4v) is 4.17. The van der Waals surface area contributed by atoms with E-state index in [2.05, 4.69) is 28.4 Å². The molecule has 6 heteroatoms. The Morgan fingerprint density at radius 1 is 1.27 bits per heavy atom. The lowest BCUT2D eigenvalue weighted by Crippen LogP contribution is -2.45. The molecule has 1 unspecified atom stereocenters.